The van der Waals surface area contributed by atoms with Crippen molar-refractivity contribution in [2.45, 2.75) is 33.3 Å². The van der Waals surface area contributed by atoms with Crippen LogP contribution in [-0.4, -0.2) is 35.0 Å². The van der Waals surface area contributed by atoms with Crippen molar-refractivity contribution in [3.63, 3.8) is 0 Å². The number of benzene rings is 4. The lowest BCUT2D eigenvalue weighted by Crippen LogP contribution is -2.20. The third-order valence-corrected chi connectivity index (χ3v) is 7.58. The standard InChI is InChI=1S/C34H31ClN4O6/c1-20(2)26-17-27(21(3)14-30(26)43-4)33-37-29-9-7-6-8-25(29)34(40)38(33)36-18-23-15-28(35)32(31(16-23)44-5)45-19-22-10-12-24(13-11-22)39(41)42/h6-18,20H,19H2,1-5H3. The van der Waals surface area contributed by atoms with Crippen LogP contribution in [0.3, 0.4) is 0 Å². The van der Waals surface area contributed by atoms with Crippen LogP contribution < -0.4 is 19.8 Å². The van der Waals surface area contributed by atoms with E-state index >= 15 is 0 Å². The van der Waals surface area contributed by atoms with E-state index in [1.165, 1.54) is 30.1 Å². The molecule has 0 N–H and O–H groups in total. The van der Waals surface area contributed by atoms with Gasteiger partial charge in [-0.25, -0.2) is 4.98 Å². The molecule has 45 heavy (non-hydrogen) atoms. The summed E-state index contributed by atoms with van der Waals surface area (Å²) in [4.78, 5) is 29.1. The molecule has 1 aromatic heterocycles. The summed E-state index contributed by atoms with van der Waals surface area (Å²) in [6.45, 7) is 6.21. The number of ether oxygens (including phenoxy) is 3. The first-order valence-corrected chi connectivity index (χ1v) is 14.5. The molecular weight excluding hydrogens is 596 g/mol. The van der Waals surface area contributed by atoms with Gasteiger partial charge in [-0.15, -0.1) is 0 Å². The number of non-ortho nitro benzene ring substituents is 1. The Morgan fingerprint density at radius 1 is 1.02 bits per heavy atom. The normalized spacial score (nSPS) is 11.4. The second-order valence-electron chi connectivity index (χ2n) is 10.6. The molecule has 0 atom stereocenters. The number of para-hydroxylation sites is 1. The zero-order valence-electron chi connectivity index (χ0n) is 25.4. The van der Waals surface area contributed by atoms with Gasteiger partial charge in [-0.2, -0.15) is 9.78 Å². The first kappa shape index (κ1) is 31.2. The third kappa shape index (κ3) is 6.51. The van der Waals surface area contributed by atoms with E-state index in [0.29, 0.717) is 33.8 Å². The molecule has 0 spiro atoms. The Bertz CT molecular complexity index is 1990. The number of nitrogens with zero attached hydrogens (tertiary/aromatic N) is 4. The third-order valence-electron chi connectivity index (χ3n) is 7.30. The van der Waals surface area contributed by atoms with E-state index in [2.05, 4.69) is 18.9 Å². The van der Waals surface area contributed by atoms with E-state index in [1.807, 2.05) is 25.1 Å². The summed E-state index contributed by atoms with van der Waals surface area (Å²) in [5.41, 5.74) is 4.11. The minimum absolute atomic E-state index is 0.00982. The number of nitro benzene ring substituents is 1. The second-order valence-corrected chi connectivity index (χ2v) is 11.0. The summed E-state index contributed by atoms with van der Waals surface area (Å²) < 4.78 is 18.4. The number of aromatic nitrogens is 2. The minimum atomic E-state index is -0.461. The van der Waals surface area contributed by atoms with Gasteiger partial charge in [0.2, 0.25) is 0 Å². The summed E-state index contributed by atoms with van der Waals surface area (Å²) in [7, 11) is 3.13. The highest BCUT2D eigenvalue weighted by Gasteiger charge is 2.19. The molecular formula is C34H31ClN4O6. The SMILES string of the molecule is COc1cc(C)c(-c2nc3ccccc3c(=O)n2N=Cc2cc(Cl)c(OCc3ccc([N+](=O)[O-])cc3)c(OC)c2)cc1C(C)C. The van der Waals surface area contributed by atoms with Crippen LogP contribution in [0.4, 0.5) is 5.69 Å². The number of halogens is 1. The van der Waals surface area contributed by atoms with Gasteiger partial charge in [0.05, 0.1) is 41.3 Å². The second kappa shape index (κ2) is 13.2. The summed E-state index contributed by atoms with van der Waals surface area (Å²) in [6, 6.07) is 20.5. The van der Waals surface area contributed by atoms with Gasteiger partial charge in [0.25, 0.3) is 11.2 Å². The van der Waals surface area contributed by atoms with Crippen molar-refractivity contribution in [2.75, 3.05) is 14.2 Å². The largest absolute Gasteiger partial charge is 0.496 e. The number of aryl methyl sites for hydroxylation is 1. The summed E-state index contributed by atoms with van der Waals surface area (Å²) >= 11 is 6.61. The van der Waals surface area contributed by atoms with E-state index in [9.17, 15) is 14.9 Å². The molecule has 0 fully saturated rings. The highest BCUT2D eigenvalue weighted by Crippen LogP contribution is 2.37. The van der Waals surface area contributed by atoms with E-state index in [1.54, 1.807) is 49.6 Å². The molecule has 0 aliphatic rings. The van der Waals surface area contributed by atoms with Crippen LogP contribution in [0.1, 0.15) is 42.0 Å². The fourth-order valence-electron chi connectivity index (χ4n) is 4.92. The van der Waals surface area contributed by atoms with Crippen molar-refractivity contribution in [1.82, 2.24) is 9.66 Å². The number of rotatable bonds is 10. The fourth-order valence-corrected chi connectivity index (χ4v) is 5.19. The number of hydrogen-bond donors (Lipinski definition) is 0. The maximum absolute atomic E-state index is 13.8. The Labute approximate surface area is 264 Å². The van der Waals surface area contributed by atoms with E-state index in [-0.39, 0.29) is 28.8 Å². The molecule has 0 aliphatic heterocycles. The highest BCUT2D eigenvalue weighted by molar-refractivity contribution is 6.32. The van der Waals surface area contributed by atoms with Crippen molar-refractivity contribution in [3.8, 4) is 28.6 Å². The smallest absolute Gasteiger partial charge is 0.282 e. The maximum atomic E-state index is 13.8. The lowest BCUT2D eigenvalue weighted by atomic mass is 9.96. The molecule has 5 rings (SSSR count). The summed E-state index contributed by atoms with van der Waals surface area (Å²) in [5.74, 6) is 1.97. The number of fused-ring (bicyclic) bond motifs is 1. The summed E-state index contributed by atoms with van der Waals surface area (Å²) in [6.07, 6.45) is 1.51. The predicted octanol–water partition coefficient (Wildman–Crippen LogP) is 7.54. The molecule has 0 amide bonds. The Morgan fingerprint density at radius 2 is 1.73 bits per heavy atom. The monoisotopic (exact) mass is 626 g/mol. The zero-order valence-corrected chi connectivity index (χ0v) is 26.2. The highest BCUT2D eigenvalue weighted by atomic mass is 35.5. The molecule has 0 saturated heterocycles. The van der Waals surface area contributed by atoms with Crippen molar-refractivity contribution < 1.29 is 19.1 Å². The van der Waals surface area contributed by atoms with Crippen molar-refractivity contribution in [3.05, 3.63) is 121 Å². The Kier molecular flexibility index (Phi) is 9.15. The van der Waals surface area contributed by atoms with Gasteiger partial charge >= 0.3 is 0 Å². The topological polar surface area (TPSA) is 118 Å². The van der Waals surface area contributed by atoms with Crippen LogP contribution in [0, 0.1) is 17.0 Å². The molecule has 0 saturated carbocycles. The van der Waals surface area contributed by atoms with Crippen molar-refractivity contribution in [2.24, 2.45) is 5.10 Å². The molecule has 0 unspecified atom stereocenters. The van der Waals surface area contributed by atoms with Gasteiger partial charge in [-0.05, 0) is 83.6 Å². The Morgan fingerprint density at radius 3 is 2.40 bits per heavy atom. The minimum Gasteiger partial charge on any atom is -0.496 e. The van der Waals surface area contributed by atoms with E-state index in [4.69, 9.17) is 30.8 Å². The average molecular weight is 627 g/mol. The number of hydrogen-bond acceptors (Lipinski definition) is 8. The number of methoxy groups -OCH3 is 2. The van der Waals surface area contributed by atoms with Gasteiger partial charge in [0.15, 0.2) is 17.3 Å². The molecule has 5 aromatic rings. The van der Waals surface area contributed by atoms with Gasteiger partial charge in [0, 0.05) is 17.7 Å². The zero-order chi connectivity index (χ0) is 32.2. The first-order valence-electron chi connectivity index (χ1n) is 14.1. The van der Waals surface area contributed by atoms with Crippen LogP contribution in [0.15, 0.2) is 82.7 Å². The molecule has 4 aromatic carbocycles. The van der Waals surface area contributed by atoms with Crippen molar-refractivity contribution >= 4 is 34.4 Å². The Hall–Kier alpha value is -5.22. The van der Waals surface area contributed by atoms with Gasteiger partial charge < -0.3 is 14.2 Å². The number of nitro groups is 1. The van der Waals surface area contributed by atoms with Crippen molar-refractivity contribution in [1.29, 1.82) is 0 Å². The van der Waals surface area contributed by atoms with Gasteiger partial charge in [-0.1, -0.05) is 37.6 Å². The quantitative estimate of drug-likeness (QED) is 0.0893. The molecule has 10 nitrogen and oxygen atoms in total. The first-order chi connectivity index (χ1) is 21.6. The molecule has 230 valence electrons. The van der Waals surface area contributed by atoms with E-state index in [0.717, 1.165) is 28.0 Å². The molecule has 0 radical (unpaired) electrons. The van der Waals surface area contributed by atoms with Crippen LogP contribution in [-0.2, 0) is 6.61 Å². The predicted molar refractivity (Wildman–Crippen MR) is 175 cm³/mol. The molecule has 0 aliphatic carbocycles. The van der Waals surface area contributed by atoms with Gasteiger partial charge in [0.1, 0.15) is 12.4 Å². The van der Waals surface area contributed by atoms with Crippen LogP contribution >= 0.6 is 11.6 Å². The summed E-state index contributed by atoms with van der Waals surface area (Å²) in [5, 5.41) is 16.2. The van der Waals surface area contributed by atoms with Crippen LogP contribution in [0.5, 0.6) is 17.2 Å². The maximum Gasteiger partial charge on any atom is 0.282 e. The Balaban J connectivity index is 1.55. The molecule has 0 bridgehead atoms. The molecule has 11 heteroatoms. The van der Waals surface area contributed by atoms with Crippen LogP contribution in [0.25, 0.3) is 22.3 Å². The lowest BCUT2D eigenvalue weighted by Gasteiger charge is -2.17. The average Bonchev–Trinajstić information content (AvgIpc) is 3.03. The van der Waals surface area contributed by atoms with E-state index < -0.39 is 4.92 Å². The van der Waals surface area contributed by atoms with Gasteiger partial charge in [-0.3, -0.25) is 14.9 Å². The fraction of sp³-hybridized carbons (Fsp3) is 0.206. The van der Waals surface area contributed by atoms with Crippen LogP contribution in [0.2, 0.25) is 5.02 Å². The lowest BCUT2D eigenvalue weighted by molar-refractivity contribution is -0.384. The molecule has 1 heterocycles.